The third-order valence-electron chi connectivity index (χ3n) is 3.02. The molecule has 3 nitrogen and oxygen atoms in total. The third-order valence-corrected chi connectivity index (χ3v) is 3.32. The molecule has 1 aliphatic heterocycles. The SMILES string of the molecule is COc1cc(CC2CCNC2)c(O)cc1Cl. The quantitative estimate of drug-likeness (QED) is 0.853. The lowest BCUT2D eigenvalue weighted by Gasteiger charge is -2.12. The van der Waals surface area contributed by atoms with Gasteiger partial charge in [-0.25, -0.2) is 0 Å². The summed E-state index contributed by atoms with van der Waals surface area (Å²) >= 11 is 5.92. The second-order valence-corrected chi connectivity index (χ2v) is 4.59. The van der Waals surface area contributed by atoms with E-state index in [9.17, 15) is 5.11 Å². The van der Waals surface area contributed by atoms with E-state index in [4.69, 9.17) is 16.3 Å². The largest absolute Gasteiger partial charge is 0.508 e. The molecule has 1 aromatic rings. The normalized spacial score (nSPS) is 20.0. The molecule has 1 fully saturated rings. The molecule has 0 aliphatic carbocycles. The molecule has 4 heteroatoms. The fraction of sp³-hybridized carbons (Fsp3) is 0.500. The van der Waals surface area contributed by atoms with Gasteiger partial charge in [0, 0.05) is 6.07 Å². The number of hydrogen-bond donors (Lipinski definition) is 2. The van der Waals surface area contributed by atoms with Crippen LogP contribution in [-0.2, 0) is 6.42 Å². The highest BCUT2D eigenvalue weighted by molar-refractivity contribution is 6.32. The first kappa shape index (κ1) is 11.6. The molecule has 88 valence electrons. The summed E-state index contributed by atoms with van der Waals surface area (Å²) in [5, 5.41) is 13.6. The van der Waals surface area contributed by atoms with Gasteiger partial charge in [-0.1, -0.05) is 11.6 Å². The van der Waals surface area contributed by atoms with Crippen molar-refractivity contribution < 1.29 is 9.84 Å². The fourth-order valence-corrected chi connectivity index (χ4v) is 2.34. The summed E-state index contributed by atoms with van der Waals surface area (Å²) < 4.78 is 5.15. The second kappa shape index (κ2) is 4.93. The second-order valence-electron chi connectivity index (χ2n) is 4.18. The van der Waals surface area contributed by atoms with Crippen molar-refractivity contribution in [2.75, 3.05) is 20.2 Å². The van der Waals surface area contributed by atoms with Gasteiger partial charge in [0.1, 0.15) is 11.5 Å². The van der Waals surface area contributed by atoms with Crippen LogP contribution in [0.25, 0.3) is 0 Å². The number of phenolic OH excluding ortho intramolecular Hbond substituents is 1. The van der Waals surface area contributed by atoms with Crippen LogP contribution in [0.1, 0.15) is 12.0 Å². The van der Waals surface area contributed by atoms with E-state index in [2.05, 4.69) is 5.32 Å². The topological polar surface area (TPSA) is 41.5 Å². The molecule has 16 heavy (non-hydrogen) atoms. The molecule has 1 unspecified atom stereocenters. The molecular formula is C12H16ClNO2. The molecule has 0 spiro atoms. The van der Waals surface area contributed by atoms with Gasteiger partial charge in [-0.2, -0.15) is 0 Å². The Labute approximate surface area is 100 Å². The smallest absolute Gasteiger partial charge is 0.137 e. The van der Waals surface area contributed by atoms with E-state index < -0.39 is 0 Å². The number of phenols is 1. The van der Waals surface area contributed by atoms with Crippen LogP contribution >= 0.6 is 11.6 Å². The van der Waals surface area contributed by atoms with Crippen molar-refractivity contribution in [1.29, 1.82) is 0 Å². The number of methoxy groups -OCH3 is 1. The van der Waals surface area contributed by atoms with Crippen LogP contribution in [0, 0.1) is 5.92 Å². The number of nitrogens with one attached hydrogen (secondary N) is 1. The molecule has 2 rings (SSSR count). The van der Waals surface area contributed by atoms with E-state index in [1.807, 2.05) is 6.07 Å². The molecule has 0 amide bonds. The molecule has 1 aromatic carbocycles. The summed E-state index contributed by atoms with van der Waals surface area (Å²) in [4.78, 5) is 0. The molecule has 0 bridgehead atoms. The predicted molar refractivity (Wildman–Crippen MR) is 64.3 cm³/mol. The minimum Gasteiger partial charge on any atom is -0.508 e. The van der Waals surface area contributed by atoms with Gasteiger partial charge in [-0.3, -0.25) is 0 Å². The first-order valence-electron chi connectivity index (χ1n) is 5.47. The molecule has 0 saturated carbocycles. The van der Waals surface area contributed by atoms with E-state index in [-0.39, 0.29) is 5.75 Å². The van der Waals surface area contributed by atoms with Crippen molar-refractivity contribution in [3.05, 3.63) is 22.7 Å². The summed E-state index contributed by atoms with van der Waals surface area (Å²) in [5.74, 6) is 1.48. The van der Waals surface area contributed by atoms with Crippen LogP contribution in [0.15, 0.2) is 12.1 Å². The van der Waals surface area contributed by atoms with Crippen LogP contribution in [0.4, 0.5) is 0 Å². The zero-order valence-corrected chi connectivity index (χ0v) is 10.0. The monoisotopic (exact) mass is 241 g/mol. The molecule has 1 heterocycles. The average Bonchev–Trinajstić information content (AvgIpc) is 2.75. The lowest BCUT2D eigenvalue weighted by atomic mass is 9.98. The molecule has 1 atom stereocenters. The first-order chi connectivity index (χ1) is 7.70. The molecule has 1 aliphatic rings. The number of aromatic hydroxyl groups is 1. The Morgan fingerprint density at radius 1 is 1.56 bits per heavy atom. The van der Waals surface area contributed by atoms with Crippen LogP contribution in [0.5, 0.6) is 11.5 Å². The van der Waals surface area contributed by atoms with Crippen molar-refractivity contribution in [2.24, 2.45) is 5.92 Å². The average molecular weight is 242 g/mol. The molecular weight excluding hydrogens is 226 g/mol. The fourth-order valence-electron chi connectivity index (χ4n) is 2.10. The van der Waals surface area contributed by atoms with Crippen LogP contribution in [-0.4, -0.2) is 25.3 Å². The molecule has 2 N–H and O–H groups in total. The van der Waals surface area contributed by atoms with Gasteiger partial charge >= 0.3 is 0 Å². The van der Waals surface area contributed by atoms with E-state index in [1.165, 1.54) is 0 Å². The number of hydrogen-bond acceptors (Lipinski definition) is 3. The van der Waals surface area contributed by atoms with Gasteiger partial charge in [0.05, 0.1) is 12.1 Å². The zero-order chi connectivity index (χ0) is 11.5. The highest BCUT2D eigenvalue weighted by Gasteiger charge is 2.17. The van der Waals surface area contributed by atoms with E-state index in [0.29, 0.717) is 16.7 Å². The Balaban J connectivity index is 2.18. The maximum absolute atomic E-state index is 9.81. The highest BCUT2D eigenvalue weighted by atomic mass is 35.5. The van der Waals surface area contributed by atoms with E-state index in [0.717, 1.165) is 31.5 Å². The third kappa shape index (κ3) is 2.42. The predicted octanol–water partition coefficient (Wildman–Crippen LogP) is 2.21. The maximum atomic E-state index is 9.81. The van der Waals surface area contributed by atoms with Crippen molar-refractivity contribution in [3.63, 3.8) is 0 Å². The summed E-state index contributed by atoms with van der Waals surface area (Å²) in [6, 6.07) is 3.38. The lowest BCUT2D eigenvalue weighted by Crippen LogP contribution is -2.10. The Morgan fingerprint density at radius 2 is 2.38 bits per heavy atom. The highest BCUT2D eigenvalue weighted by Crippen LogP contribution is 2.33. The van der Waals surface area contributed by atoms with Gasteiger partial charge in [-0.05, 0) is 43.5 Å². The minimum absolute atomic E-state index is 0.262. The van der Waals surface area contributed by atoms with E-state index >= 15 is 0 Å². The van der Waals surface area contributed by atoms with Crippen molar-refractivity contribution in [1.82, 2.24) is 5.32 Å². The zero-order valence-electron chi connectivity index (χ0n) is 9.29. The maximum Gasteiger partial charge on any atom is 0.137 e. The Hall–Kier alpha value is -0.930. The standard InChI is InChI=1S/C12H16ClNO2/c1-16-12-5-9(11(15)6-10(12)13)4-8-2-3-14-7-8/h5-6,8,14-15H,2-4,7H2,1H3. The minimum atomic E-state index is 0.262. The summed E-state index contributed by atoms with van der Waals surface area (Å²) in [6.07, 6.45) is 2.02. The van der Waals surface area contributed by atoms with Crippen molar-refractivity contribution >= 4 is 11.6 Å². The van der Waals surface area contributed by atoms with Gasteiger partial charge in [0.25, 0.3) is 0 Å². The first-order valence-corrected chi connectivity index (χ1v) is 5.84. The van der Waals surface area contributed by atoms with Gasteiger partial charge in [-0.15, -0.1) is 0 Å². The lowest BCUT2D eigenvalue weighted by molar-refractivity contribution is 0.409. The van der Waals surface area contributed by atoms with Crippen LogP contribution in [0.2, 0.25) is 5.02 Å². The Bertz CT molecular complexity index is 376. The number of rotatable bonds is 3. The Morgan fingerprint density at radius 3 is 3.00 bits per heavy atom. The van der Waals surface area contributed by atoms with Crippen molar-refractivity contribution in [3.8, 4) is 11.5 Å². The number of ether oxygens (including phenoxy) is 1. The van der Waals surface area contributed by atoms with Gasteiger partial charge < -0.3 is 15.2 Å². The van der Waals surface area contributed by atoms with E-state index in [1.54, 1.807) is 13.2 Å². The summed E-state index contributed by atoms with van der Waals surface area (Å²) in [6.45, 7) is 2.08. The molecule has 0 aromatic heterocycles. The Kier molecular flexibility index (Phi) is 3.56. The molecule has 1 saturated heterocycles. The summed E-state index contributed by atoms with van der Waals surface area (Å²) in [5.41, 5.74) is 0.912. The van der Waals surface area contributed by atoms with Gasteiger partial charge in [0.2, 0.25) is 0 Å². The number of halogens is 1. The molecule has 0 radical (unpaired) electrons. The summed E-state index contributed by atoms with van der Waals surface area (Å²) in [7, 11) is 1.58. The number of benzene rings is 1. The van der Waals surface area contributed by atoms with Crippen molar-refractivity contribution in [2.45, 2.75) is 12.8 Å². The van der Waals surface area contributed by atoms with Gasteiger partial charge in [0.15, 0.2) is 0 Å². The van der Waals surface area contributed by atoms with Crippen LogP contribution in [0.3, 0.4) is 0 Å². The van der Waals surface area contributed by atoms with Crippen LogP contribution < -0.4 is 10.1 Å².